The molecule has 0 heterocycles. The third kappa shape index (κ3) is 3.90. The molecular weight excluding hydrogens is 465 g/mol. The Balaban J connectivity index is 1.43. The molecule has 5 rings (SSSR count). The van der Waals surface area contributed by atoms with E-state index < -0.39 is 15.6 Å². The Kier molecular flexibility index (Phi) is 5.69. The van der Waals surface area contributed by atoms with E-state index in [1.807, 2.05) is 6.08 Å². The third-order valence-electron chi connectivity index (χ3n) is 9.40. The van der Waals surface area contributed by atoms with Gasteiger partial charge >= 0.3 is 15.6 Å². The van der Waals surface area contributed by atoms with Crippen molar-refractivity contribution in [1.29, 1.82) is 0 Å². The molecule has 0 amide bonds. The minimum Gasteiger partial charge on any atom is -0.376 e. The Bertz CT molecular complexity index is 1110. The van der Waals surface area contributed by atoms with Crippen LogP contribution in [0.1, 0.15) is 70.3 Å². The number of rotatable bonds is 4. The molecule has 0 aliphatic heterocycles. The van der Waals surface area contributed by atoms with Gasteiger partial charge in [0.1, 0.15) is 5.75 Å². The van der Waals surface area contributed by atoms with Crippen molar-refractivity contribution in [2.45, 2.75) is 76.6 Å². The maximum absolute atomic E-state index is 12.7. The fraction of sp³-hybridized carbons (Fsp3) is 0.654. The number of ketones is 1. The van der Waals surface area contributed by atoms with E-state index in [-0.39, 0.29) is 16.9 Å². The molecule has 0 radical (unpaired) electrons. The molecular formula is C26H31F3O4S. The molecule has 34 heavy (non-hydrogen) atoms. The molecule has 0 bridgehead atoms. The topological polar surface area (TPSA) is 60.4 Å². The molecule has 0 spiro atoms. The van der Waals surface area contributed by atoms with Crippen molar-refractivity contribution in [2.24, 2.45) is 28.6 Å². The van der Waals surface area contributed by atoms with Crippen molar-refractivity contribution < 1.29 is 30.6 Å². The largest absolute Gasteiger partial charge is 0.534 e. The Hall–Kier alpha value is -1.83. The zero-order valence-corrected chi connectivity index (χ0v) is 20.2. The van der Waals surface area contributed by atoms with E-state index >= 15 is 0 Å². The van der Waals surface area contributed by atoms with Crippen LogP contribution in [0.5, 0.6) is 5.75 Å². The summed E-state index contributed by atoms with van der Waals surface area (Å²) in [6.45, 7) is 2.46. The molecule has 4 aliphatic carbocycles. The lowest BCUT2D eigenvalue weighted by Crippen LogP contribution is -2.51. The maximum atomic E-state index is 12.7. The molecule has 186 valence electrons. The van der Waals surface area contributed by atoms with Crippen LogP contribution in [0.15, 0.2) is 35.9 Å². The SMILES string of the molecule is C[C@@]12CCC[C@H]1[C@@H]1CCC3=CC(=O)CC[C@]3(Cc3ccc(OS(=O)(=O)C(F)(F)F)cc3)[C@@H]1CC2. The summed E-state index contributed by atoms with van der Waals surface area (Å²) in [6, 6.07) is 5.91. The van der Waals surface area contributed by atoms with Gasteiger partial charge in [-0.05, 0) is 104 Å². The Morgan fingerprint density at radius 3 is 2.44 bits per heavy atom. The standard InChI is InChI=1S/C26H31F3O4S/c1-24-12-2-3-22(24)21-9-6-18-15-19(30)10-14-25(18,23(21)11-13-24)16-17-4-7-20(8-5-17)33-34(31,32)26(27,28)29/h4-5,7-8,15,21-23H,2-3,6,9-14,16H2,1H3/t21-,22-,23+,24-,25+/m0/s1. The molecule has 0 N–H and O–H groups in total. The van der Waals surface area contributed by atoms with Crippen LogP contribution in [0.4, 0.5) is 13.2 Å². The second-order valence-electron chi connectivity index (χ2n) is 11.1. The molecule has 0 unspecified atom stereocenters. The number of halogens is 3. The number of fused-ring (bicyclic) bond motifs is 5. The van der Waals surface area contributed by atoms with E-state index in [2.05, 4.69) is 11.1 Å². The van der Waals surface area contributed by atoms with E-state index in [0.29, 0.717) is 30.1 Å². The first-order valence-electron chi connectivity index (χ1n) is 12.3. The summed E-state index contributed by atoms with van der Waals surface area (Å²) < 4.78 is 64.9. The lowest BCUT2D eigenvalue weighted by atomic mass is 9.46. The molecule has 5 atom stereocenters. The number of hydrogen-bond acceptors (Lipinski definition) is 4. The van der Waals surface area contributed by atoms with Gasteiger partial charge in [0.05, 0.1) is 0 Å². The summed E-state index contributed by atoms with van der Waals surface area (Å²) in [6.07, 6.45) is 12.2. The van der Waals surface area contributed by atoms with Gasteiger partial charge < -0.3 is 4.18 Å². The summed E-state index contributed by atoms with van der Waals surface area (Å²) in [7, 11) is -5.69. The first-order chi connectivity index (χ1) is 15.9. The van der Waals surface area contributed by atoms with Crippen LogP contribution in [-0.2, 0) is 21.3 Å². The van der Waals surface area contributed by atoms with Crippen molar-refractivity contribution in [3.8, 4) is 5.75 Å². The second-order valence-corrected chi connectivity index (χ2v) is 12.6. The Labute approximate surface area is 199 Å². The molecule has 4 aliphatic rings. The van der Waals surface area contributed by atoms with Gasteiger partial charge in [-0.15, -0.1) is 0 Å². The summed E-state index contributed by atoms with van der Waals surface area (Å²) in [4.78, 5) is 12.3. The molecule has 8 heteroatoms. The Morgan fingerprint density at radius 2 is 1.74 bits per heavy atom. The predicted molar refractivity (Wildman–Crippen MR) is 121 cm³/mol. The van der Waals surface area contributed by atoms with Gasteiger partial charge in [-0.1, -0.05) is 31.1 Å². The maximum Gasteiger partial charge on any atom is 0.534 e. The lowest BCUT2D eigenvalue weighted by Gasteiger charge is -2.58. The van der Waals surface area contributed by atoms with Crippen LogP contribution in [-0.4, -0.2) is 19.7 Å². The van der Waals surface area contributed by atoms with Gasteiger partial charge in [0.25, 0.3) is 0 Å². The van der Waals surface area contributed by atoms with Gasteiger partial charge in [-0.25, -0.2) is 0 Å². The molecule has 1 aromatic rings. The monoisotopic (exact) mass is 496 g/mol. The highest BCUT2D eigenvalue weighted by atomic mass is 32.2. The number of benzene rings is 1. The lowest BCUT2D eigenvalue weighted by molar-refractivity contribution is -0.117. The zero-order chi connectivity index (χ0) is 24.4. The predicted octanol–water partition coefficient (Wildman–Crippen LogP) is 6.36. The molecule has 0 aromatic heterocycles. The van der Waals surface area contributed by atoms with Crippen LogP contribution in [0.2, 0.25) is 0 Å². The molecule has 3 saturated carbocycles. The van der Waals surface area contributed by atoms with Gasteiger partial charge in [0.15, 0.2) is 5.78 Å². The number of alkyl halides is 3. The van der Waals surface area contributed by atoms with Crippen LogP contribution >= 0.6 is 0 Å². The number of carbonyl (C=O) groups excluding carboxylic acids is 1. The van der Waals surface area contributed by atoms with Crippen LogP contribution in [0, 0.1) is 28.6 Å². The molecule has 0 saturated heterocycles. The highest BCUT2D eigenvalue weighted by Crippen LogP contribution is 2.66. The van der Waals surface area contributed by atoms with E-state index in [4.69, 9.17) is 0 Å². The fourth-order valence-corrected chi connectivity index (χ4v) is 8.35. The minimum atomic E-state index is -5.69. The third-order valence-corrected chi connectivity index (χ3v) is 10.4. The fourth-order valence-electron chi connectivity index (χ4n) is 7.89. The quantitative estimate of drug-likeness (QED) is 0.360. The number of carbonyl (C=O) groups is 1. The average molecular weight is 497 g/mol. The van der Waals surface area contributed by atoms with Crippen molar-refractivity contribution in [3.63, 3.8) is 0 Å². The van der Waals surface area contributed by atoms with E-state index in [1.54, 1.807) is 12.1 Å². The van der Waals surface area contributed by atoms with Crippen molar-refractivity contribution in [3.05, 3.63) is 41.5 Å². The highest BCUT2D eigenvalue weighted by molar-refractivity contribution is 7.88. The van der Waals surface area contributed by atoms with Crippen LogP contribution in [0.3, 0.4) is 0 Å². The zero-order valence-electron chi connectivity index (χ0n) is 19.4. The second kappa shape index (κ2) is 8.10. The summed E-state index contributed by atoms with van der Waals surface area (Å²) in [5.41, 5.74) is -2.98. The summed E-state index contributed by atoms with van der Waals surface area (Å²) in [5.74, 6) is 1.70. The minimum absolute atomic E-state index is 0.110. The Morgan fingerprint density at radius 1 is 1.00 bits per heavy atom. The van der Waals surface area contributed by atoms with Crippen LogP contribution in [0.25, 0.3) is 0 Å². The first kappa shape index (κ1) is 23.9. The van der Waals surface area contributed by atoms with E-state index in [9.17, 15) is 26.4 Å². The summed E-state index contributed by atoms with van der Waals surface area (Å²) >= 11 is 0. The highest BCUT2D eigenvalue weighted by Gasteiger charge is 2.57. The first-order valence-corrected chi connectivity index (χ1v) is 13.7. The molecule has 3 fully saturated rings. The molecule has 4 nitrogen and oxygen atoms in total. The normalized spacial score (nSPS) is 35.7. The summed E-state index contributed by atoms with van der Waals surface area (Å²) in [5, 5.41) is 0. The smallest absolute Gasteiger partial charge is 0.376 e. The van der Waals surface area contributed by atoms with Crippen molar-refractivity contribution >= 4 is 15.9 Å². The van der Waals surface area contributed by atoms with Crippen molar-refractivity contribution in [2.75, 3.05) is 0 Å². The van der Waals surface area contributed by atoms with E-state index in [0.717, 1.165) is 37.2 Å². The van der Waals surface area contributed by atoms with Gasteiger partial charge in [0.2, 0.25) is 0 Å². The average Bonchev–Trinajstić information content (AvgIpc) is 3.16. The van der Waals surface area contributed by atoms with Crippen molar-refractivity contribution in [1.82, 2.24) is 0 Å². The number of hydrogen-bond donors (Lipinski definition) is 0. The van der Waals surface area contributed by atoms with Gasteiger partial charge in [-0.2, -0.15) is 21.6 Å². The number of allylic oxidation sites excluding steroid dienone is 1. The molecule has 1 aromatic carbocycles. The van der Waals surface area contributed by atoms with Gasteiger partial charge in [0, 0.05) is 6.42 Å². The van der Waals surface area contributed by atoms with Crippen LogP contribution < -0.4 is 4.18 Å². The van der Waals surface area contributed by atoms with Gasteiger partial charge in [-0.3, -0.25) is 4.79 Å². The van der Waals surface area contributed by atoms with E-state index in [1.165, 1.54) is 43.4 Å².